The SMILES string of the molecule is Cc1cc(NC(=O)[C@H](C)OC(=O)[C@H]2Cc3ccccc3O2)no1. The second kappa shape index (κ2) is 6.12. The fraction of sp³-hybridized carbons (Fsp3) is 0.312. The first-order valence-electron chi connectivity index (χ1n) is 7.22. The third-order valence-corrected chi connectivity index (χ3v) is 3.45. The van der Waals surface area contributed by atoms with Crippen molar-refractivity contribution in [3.05, 3.63) is 41.7 Å². The molecule has 1 N–H and O–H groups in total. The largest absolute Gasteiger partial charge is 0.478 e. The van der Waals surface area contributed by atoms with Gasteiger partial charge in [0.1, 0.15) is 11.5 Å². The molecule has 1 aliphatic heterocycles. The van der Waals surface area contributed by atoms with Gasteiger partial charge >= 0.3 is 5.97 Å². The molecule has 2 heterocycles. The van der Waals surface area contributed by atoms with E-state index >= 15 is 0 Å². The van der Waals surface area contributed by atoms with Gasteiger partial charge < -0.3 is 19.3 Å². The van der Waals surface area contributed by atoms with Crippen LogP contribution in [-0.4, -0.2) is 29.2 Å². The molecule has 23 heavy (non-hydrogen) atoms. The average Bonchev–Trinajstić information content (AvgIpc) is 3.13. The van der Waals surface area contributed by atoms with Crippen LogP contribution >= 0.6 is 0 Å². The summed E-state index contributed by atoms with van der Waals surface area (Å²) in [6.45, 7) is 3.20. The van der Waals surface area contributed by atoms with Crippen molar-refractivity contribution in [2.45, 2.75) is 32.5 Å². The Morgan fingerprint density at radius 1 is 1.39 bits per heavy atom. The number of fused-ring (bicyclic) bond motifs is 1. The maximum atomic E-state index is 12.1. The minimum Gasteiger partial charge on any atom is -0.478 e. The zero-order chi connectivity index (χ0) is 16.4. The summed E-state index contributed by atoms with van der Waals surface area (Å²) in [7, 11) is 0. The van der Waals surface area contributed by atoms with E-state index in [4.69, 9.17) is 14.0 Å². The van der Waals surface area contributed by atoms with E-state index in [0.717, 1.165) is 5.56 Å². The van der Waals surface area contributed by atoms with Gasteiger partial charge in [-0.25, -0.2) is 4.79 Å². The van der Waals surface area contributed by atoms with Gasteiger partial charge in [0.15, 0.2) is 18.0 Å². The number of hydrogen-bond acceptors (Lipinski definition) is 6. The number of anilines is 1. The number of benzene rings is 1. The molecule has 2 atom stereocenters. The standard InChI is InChI=1S/C16H16N2O5/c1-9-7-14(18-23-9)17-15(19)10(2)21-16(20)13-8-11-5-3-4-6-12(11)22-13/h3-7,10,13H,8H2,1-2H3,(H,17,18,19)/t10-,13+/m0/s1. The second-order valence-electron chi connectivity index (χ2n) is 5.31. The van der Waals surface area contributed by atoms with E-state index < -0.39 is 24.1 Å². The summed E-state index contributed by atoms with van der Waals surface area (Å²) < 4.78 is 15.6. The van der Waals surface area contributed by atoms with Crippen molar-refractivity contribution in [2.75, 3.05) is 5.32 Å². The van der Waals surface area contributed by atoms with E-state index in [9.17, 15) is 9.59 Å². The molecule has 7 nitrogen and oxygen atoms in total. The predicted molar refractivity (Wildman–Crippen MR) is 80.0 cm³/mol. The van der Waals surface area contributed by atoms with Gasteiger partial charge in [-0.2, -0.15) is 0 Å². The third kappa shape index (κ3) is 3.33. The van der Waals surface area contributed by atoms with Crippen LogP contribution in [-0.2, 0) is 20.7 Å². The average molecular weight is 316 g/mol. The van der Waals surface area contributed by atoms with Crippen LogP contribution in [0.5, 0.6) is 5.75 Å². The molecule has 0 aliphatic carbocycles. The molecular weight excluding hydrogens is 300 g/mol. The van der Waals surface area contributed by atoms with Gasteiger partial charge in [-0.05, 0) is 25.5 Å². The molecule has 0 radical (unpaired) electrons. The second-order valence-corrected chi connectivity index (χ2v) is 5.31. The number of aromatic nitrogens is 1. The Balaban J connectivity index is 1.55. The van der Waals surface area contributed by atoms with Gasteiger partial charge in [0.25, 0.3) is 5.91 Å². The number of carbonyl (C=O) groups excluding carboxylic acids is 2. The number of rotatable bonds is 4. The predicted octanol–water partition coefficient (Wildman–Crippen LogP) is 1.86. The molecule has 0 fully saturated rings. The Kier molecular flexibility index (Phi) is 4.01. The summed E-state index contributed by atoms with van der Waals surface area (Å²) in [4.78, 5) is 24.1. The zero-order valence-electron chi connectivity index (χ0n) is 12.7. The molecule has 0 bridgehead atoms. The van der Waals surface area contributed by atoms with Crippen molar-refractivity contribution in [1.29, 1.82) is 0 Å². The van der Waals surface area contributed by atoms with Gasteiger partial charge in [-0.15, -0.1) is 0 Å². The van der Waals surface area contributed by atoms with Crippen molar-refractivity contribution in [2.24, 2.45) is 0 Å². The Morgan fingerprint density at radius 2 is 2.17 bits per heavy atom. The highest BCUT2D eigenvalue weighted by Crippen LogP contribution is 2.28. The molecule has 1 aromatic heterocycles. The molecule has 3 rings (SSSR count). The zero-order valence-corrected chi connectivity index (χ0v) is 12.7. The first-order chi connectivity index (χ1) is 11.0. The summed E-state index contributed by atoms with van der Waals surface area (Å²) in [5, 5.41) is 6.16. The highest BCUT2D eigenvalue weighted by atomic mass is 16.6. The molecule has 0 saturated heterocycles. The third-order valence-electron chi connectivity index (χ3n) is 3.45. The van der Waals surface area contributed by atoms with Crippen molar-refractivity contribution in [1.82, 2.24) is 5.16 Å². The fourth-order valence-electron chi connectivity index (χ4n) is 2.27. The summed E-state index contributed by atoms with van der Waals surface area (Å²) >= 11 is 0. The van der Waals surface area contributed by atoms with Gasteiger partial charge in [0.2, 0.25) is 0 Å². The number of para-hydroxylation sites is 1. The van der Waals surface area contributed by atoms with Gasteiger partial charge in [0, 0.05) is 12.5 Å². The Bertz CT molecular complexity index is 715. The molecule has 120 valence electrons. The maximum Gasteiger partial charge on any atom is 0.348 e. The first-order valence-corrected chi connectivity index (χ1v) is 7.22. The van der Waals surface area contributed by atoms with Crippen molar-refractivity contribution in [3.8, 4) is 5.75 Å². The summed E-state index contributed by atoms with van der Waals surface area (Å²) in [6.07, 6.45) is -1.25. The lowest BCUT2D eigenvalue weighted by Crippen LogP contribution is -2.36. The summed E-state index contributed by atoms with van der Waals surface area (Å²) in [6, 6.07) is 8.98. The highest BCUT2D eigenvalue weighted by molar-refractivity contribution is 5.94. The van der Waals surface area contributed by atoms with Gasteiger partial charge in [-0.3, -0.25) is 4.79 Å². The number of aryl methyl sites for hydroxylation is 1. The number of amides is 1. The molecule has 7 heteroatoms. The summed E-state index contributed by atoms with van der Waals surface area (Å²) in [5.41, 5.74) is 0.949. The van der Waals surface area contributed by atoms with E-state index in [2.05, 4.69) is 10.5 Å². The Hall–Kier alpha value is -2.83. The highest BCUT2D eigenvalue weighted by Gasteiger charge is 2.32. The van der Waals surface area contributed by atoms with Crippen LogP contribution in [0.15, 0.2) is 34.9 Å². The van der Waals surface area contributed by atoms with E-state index in [-0.39, 0.29) is 5.82 Å². The number of ether oxygens (including phenoxy) is 2. The Morgan fingerprint density at radius 3 is 2.87 bits per heavy atom. The lowest BCUT2D eigenvalue weighted by Gasteiger charge is -2.15. The molecule has 1 amide bonds. The summed E-state index contributed by atoms with van der Waals surface area (Å²) in [5.74, 6) is 0.467. The lowest BCUT2D eigenvalue weighted by atomic mass is 10.1. The van der Waals surface area contributed by atoms with Crippen LogP contribution in [0.2, 0.25) is 0 Å². The van der Waals surface area contributed by atoms with Crippen molar-refractivity contribution < 1.29 is 23.6 Å². The minimum atomic E-state index is -0.966. The monoisotopic (exact) mass is 316 g/mol. The smallest absolute Gasteiger partial charge is 0.348 e. The van der Waals surface area contributed by atoms with Gasteiger partial charge in [0.05, 0.1) is 0 Å². The quantitative estimate of drug-likeness (QED) is 0.866. The van der Waals surface area contributed by atoms with Crippen LogP contribution in [0.3, 0.4) is 0 Å². The van der Waals surface area contributed by atoms with Crippen LogP contribution in [0.4, 0.5) is 5.82 Å². The number of nitrogens with one attached hydrogen (secondary N) is 1. The van der Waals surface area contributed by atoms with Crippen molar-refractivity contribution in [3.63, 3.8) is 0 Å². The van der Waals surface area contributed by atoms with E-state index in [1.165, 1.54) is 6.92 Å². The van der Waals surface area contributed by atoms with E-state index in [0.29, 0.717) is 17.9 Å². The molecule has 2 aromatic rings. The van der Waals surface area contributed by atoms with Gasteiger partial charge in [-0.1, -0.05) is 23.4 Å². The van der Waals surface area contributed by atoms with Crippen LogP contribution in [0, 0.1) is 6.92 Å². The van der Waals surface area contributed by atoms with Crippen LogP contribution in [0.1, 0.15) is 18.2 Å². The molecule has 0 spiro atoms. The van der Waals surface area contributed by atoms with Crippen LogP contribution in [0.25, 0.3) is 0 Å². The number of esters is 1. The van der Waals surface area contributed by atoms with Crippen LogP contribution < -0.4 is 10.1 Å². The van der Waals surface area contributed by atoms with E-state index in [1.54, 1.807) is 19.1 Å². The topological polar surface area (TPSA) is 90.7 Å². The normalized spacial score (nSPS) is 17.0. The van der Waals surface area contributed by atoms with Crippen molar-refractivity contribution >= 4 is 17.7 Å². The number of nitrogens with zero attached hydrogens (tertiary/aromatic N) is 1. The van der Waals surface area contributed by atoms with E-state index in [1.807, 2.05) is 18.2 Å². The Labute approximate surface area is 132 Å². The molecular formula is C16H16N2O5. The maximum absolute atomic E-state index is 12.1. The number of hydrogen-bond donors (Lipinski definition) is 1. The fourth-order valence-corrected chi connectivity index (χ4v) is 2.27. The molecule has 0 unspecified atom stereocenters. The molecule has 1 aliphatic rings. The minimum absolute atomic E-state index is 0.278. The molecule has 1 aromatic carbocycles. The number of carbonyl (C=O) groups is 2. The first kappa shape index (κ1) is 15.1. The molecule has 0 saturated carbocycles. The lowest BCUT2D eigenvalue weighted by molar-refractivity contribution is -0.159.